The lowest BCUT2D eigenvalue weighted by Gasteiger charge is -2.17. The van der Waals surface area contributed by atoms with Crippen molar-refractivity contribution in [3.05, 3.63) is 0 Å². The zero-order valence-electron chi connectivity index (χ0n) is 5.65. The smallest absolute Gasteiger partial charge is 0.0540 e. The van der Waals surface area contributed by atoms with Gasteiger partial charge in [-0.15, -0.1) is 0 Å². The fourth-order valence-corrected chi connectivity index (χ4v) is 0.387. The van der Waals surface area contributed by atoms with Crippen LogP contribution in [0.3, 0.4) is 0 Å². The van der Waals surface area contributed by atoms with Gasteiger partial charge in [0, 0.05) is 0 Å². The van der Waals surface area contributed by atoms with Crippen LogP contribution in [0.4, 0.5) is 0 Å². The second-order valence-electron chi connectivity index (χ2n) is 2.08. The summed E-state index contributed by atoms with van der Waals surface area (Å²) in [5.74, 6) is 0. The molecule has 1 rings (SSSR count). The van der Waals surface area contributed by atoms with Crippen molar-refractivity contribution in [1.82, 2.24) is 5.32 Å². The number of rotatable bonds is 0. The van der Waals surface area contributed by atoms with Crippen LogP contribution in [-0.2, 0) is 0 Å². The van der Waals surface area contributed by atoms with E-state index >= 15 is 0 Å². The van der Waals surface area contributed by atoms with Crippen LogP contribution < -0.4 is 5.32 Å². The van der Waals surface area contributed by atoms with Gasteiger partial charge in [0.05, 0.1) is 6.10 Å². The largest absolute Gasteiger partial charge is 0.393 e. The fourth-order valence-electron chi connectivity index (χ4n) is 0.387. The fraction of sp³-hybridized carbons (Fsp3) is 1.00. The third-order valence-corrected chi connectivity index (χ3v) is 1.07. The lowest BCUT2D eigenvalue weighted by atomic mass is 9.97. The summed E-state index contributed by atoms with van der Waals surface area (Å²) in [4.78, 5) is 0. The number of hydrogen-bond acceptors (Lipinski definition) is 2. The maximum atomic E-state index is 8.45. The molecule has 0 saturated heterocycles. The molecule has 0 atom stereocenters. The van der Waals surface area contributed by atoms with Crippen LogP contribution in [0.1, 0.15) is 19.3 Å². The zero-order valence-corrected chi connectivity index (χ0v) is 5.65. The third kappa shape index (κ3) is 4.09. The Morgan fingerprint density at radius 2 is 1.62 bits per heavy atom. The summed E-state index contributed by atoms with van der Waals surface area (Å²) in [7, 11) is 3.75. The van der Waals surface area contributed by atoms with Crippen LogP contribution in [0.15, 0.2) is 0 Å². The molecule has 2 nitrogen and oxygen atoms in total. The lowest BCUT2D eigenvalue weighted by molar-refractivity contribution is 0.0950. The molecule has 0 bridgehead atoms. The van der Waals surface area contributed by atoms with E-state index in [0.717, 1.165) is 12.8 Å². The highest BCUT2D eigenvalue weighted by Gasteiger charge is 2.11. The van der Waals surface area contributed by atoms with E-state index in [9.17, 15) is 0 Å². The van der Waals surface area contributed by atoms with Gasteiger partial charge in [0.2, 0.25) is 0 Å². The van der Waals surface area contributed by atoms with Crippen molar-refractivity contribution in [2.45, 2.75) is 25.4 Å². The van der Waals surface area contributed by atoms with Crippen molar-refractivity contribution in [3.8, 4) is 0 Å². The predicted molar refractivity (Wildman–Crippen MR) is 34.8 cm³/mol. The second kappa shape index (κ2) is 5.06. The SMILES string of the molecule is CNC.OC1CCC1. The van der Waals surface area contributed by atoms with Crippen molar-refractivity contribution in [3.63, 3.8) is 0 Å². The van der Waals surface area contributed by atoms with Crippen molar-refractivity contribution in [1.29, 1.82) is 0 Å². The summed E-state index contributed by atoms with van der Waals surface area (Å²) in [6.45, 7) is 0. The van der Waals surface area contributed by atoms with E-state index in [1.54, 1.807) is 0 Å². The maximum absolute atomic E-state index is 8.45. The van der Waals surface area contributed by atoms with Gasteiger partial charge in [0.1, 0.15) is 0 Å². The van der Waals surface area contributed by atoms with Gasteiger partial charge in [-0.25, -0.2) is 0 Å². The quantitative estimate of drug-likeness (QED) is 0.480. The first kappa shape index (κ1) is 7.92. The highest BCUT2D eigenvalue weighted by Crippen LogP contribution is 2.16. The molecular formula is C6H15NO. The van der Waals surface area contributed by atoms with E-state index < -0.39 is 0 Å². The summed E-state index contributed by atoms with van der Waals surface area (Å²) < 4.78 is 0. The summed E-state index contributed by atoms with van der Waals surface area (Å²) in [5, 5.41) is 11.2. The number of aliphatic hydroxyl groups is 1. The second-order valence-corrected chi connectivity index (χ2v) is 2.08. The average Bonchev–Trinajstić information content (AvgIpc) is 1.64. The first-order valence-electron chi connectivity index (χ1n) is 3.07. The van der Waals surface area contributed by atoms with Crippen LogP contribution in [-0.4, -0.2) is 25.3 Å². The van der Waals surface area contributed by atoms with E-state index in [4.69, 9.17) is 5.11 Å². The number of aliphatic hydroxyl groups excluding tert-OH is 1. The summed E-state index contributed by atoms with van der Waals surface area (Å²) in [5.41, 5.74) is 0. The molecular weight excluding hydrogens is 102 g/mol. The van der Waals surface area contributed by atoms with Gasteiger partial charge >= 0.3 is 0 Å². The highest BCUT2D eigenvalue weighted by atomic mass is 16.3. The molecule has 0 aromatic rings. The van der Waals surface area contributed by atoms with E-state index in [0.29, 0.717) is 0 Å². The van der Waals surface area contributed by atoms with Crippen LogP contribution >= 0.6 is 0 Å². The molecule has 2 N–H and O–H groups in total. The van der Waals surface area contributed by atoms with Crippen LogP contribution in [0.25, 0.3) is 0 Å². The Kier molecular flexibility index (Phi) is 5.01. The lowest BCUT2D eigenvalue weighted by Crippen LogP contribution is -2.15. The van der Waals surface area contributed by atoms with Gasteiger partial charge in [-0.05, 0) is 33.4 Å². The van der Waals surface area contributed by atoms with Gasteiger partial charge < -0.3 is 10.4 Å². The molecule has 0 aliphatic heterocycles. The van der Waals surface area contributed by atoms with Crippen molar-refractivity contribution in [2.75, 3.05) is 14.1 Å². The monoisotopic (exact) mass is 117 g/mol. The van der Waals surface area contributed by atoms with Crippen LogP contribution in [0, 0.1) is 0 Å². The number of nitrogens with one attached hydrogen (secondary N) is 1. The van der Waals surface area contributed by atoms with Gasteiger partial charge in [0.25, 0.3) is 0 Å². The molecule has 2 heteroatoms. The Bertz CT molecular complexity index is 43.8. The van der Waals surface area contributed by atoms with Crippen molar-refractivity contribution < 1.29 is 5.11 Å². The molecule has 0 aromatic heterocycles. The Hall–Kier alpha value is -0.0800. The van der Waals surface area contributed by atoms with Gasteiger partial charge in [-0.3, -0.25) is 0 Å². The molecule has 50 valence electrons. The van der Waals surface area contributed by atoms with Crippen molar-refractivity contribution in [2.24, 2.45) is 0 Å². The minimum Gasteiger partial charge on any atom is -0.393 e. The van der Waals surface area contributed by atoms with E-state index in [1.807, 2.05) is 14.1 Å². The van der Waals surface area contributed by atoms with Crippen LogP contribution in [0.2, 0.25) is 0 Å². The molecule has 1 saturated carbocycles. The maximum Gasteiger partial charge on any atom is 0.0540 e. The minimum absolute atomic E-state index is 0.0648. The van der Waals surface area contributed by atoms with Gasteiger partial charge in [-0.1, -0.05) is 0 Å². The first-order valence-corrected chi connectivity index (χ1v) is 3.07. The van der Waals surface area contributed by atoms with E-state index in [-0.39, 0.29) is 6.10 Å². The Labute approximate surface area is 50.9 Å². The molecule has 1 aliphatic carbocycles. The molecule has 0 aromatic carbocycles. The molecule has 1 aliphatic rings. The molecule has 0 radical (unpaired) electrons. The van der Waals surface area contributed by atoms with E-state index in [1.165, 1.54) is 6.42 Å². The summed E-state index contributed by atoms with van der Waals surface area (Å²) >= 11 is 0. The Balaban J connectivity index is 0.000000145. The zero-order chi connectivity index (χ0) is 6.41. The predicted octanol–water partition coefficient (Wildman–Crippen LogP) is 0.367. The number of hydrogen-bond donors (Lipinski definition) is 2. The molecule has 0 spiro atoms. The minimum atomic E-state index is 0.0648. The standard InChI is InChI=1S/C4H8O.C2H7N/c5-4-2-1-3-4;1-3-2/h4-5H,1-3H2;3H,1-2H3. The molecule has 1 fully saturated rings. The van der Waals surface area contributed by atoms with Crippen molar-refractivity contribution >= 4 is 0 Å². The average molecular weight is 117 g/mol. The molecule has 0 amide bonds. The molecule has 8 heavy (non-hydrogen) atoms. The van der Waals surface area contributed by atoms with Crippen LogP contribution in [0.5, 0.6) is 0 Å². The van der Waals surface area contributed by atoms with Gasteiger partial charge in [0.15, 0.2) is 0 Å². The first-order chi connectivity index (χ1) is 3.81. The highest BCUT2D eigenvalue weighted by molar-refractivity contribution is 4.65. The summed E-state index contributed by atoms with van der Waals surface area (Å²) in [6.07, 6.45) is 3.39. The molecule has 0 heterocycles. The Morgan fingerprint density at radius 1 is 1.38 bits per heavy atom. The summed E-state index contributed by atoms with van der Waals surface area (Å²) in [6, 6.07) is 0. The Morgan fingerprint density at radius 3 is 1.62 bits per heavy atom. The van der Waals surface area contributed by atoms with E-state index in [2.05, 4.69) is 5.32 Å². The van der Waals surface area contributed by atoms with Gasteiger partial charge in [-0.2, -0.15) is 0 Å². The normalized spacial score (nSPS) is 18.4. The third-order valence-electron chi connectivity index (χ3n) is 1.07. The topological polar surface area (TPSA) is 32.3 Å². The molecule has 0 unspecified atom stereocenters.